The van der Waals surface area contributed by atoms with Crippen molar-refractivity contribution >= 4 is 37.3 Å². The Hall–Kier alpha value is -0.230. The van der Waals surface area contributed by atoms with Crippen LogP contribution in [0.25, 0.3) is 0 Å². The first-order valence-electron chi connectivity index (χ1n) is 28.6. The number of hydrogen-bond donors (Lipinski definition) is 5. The first-order chi connectivity index (χ1) is 31.7. The van der Waals surface area contributed by atoms with E-state index in [4.69, 9.17) is 9.47 Å². The molecule has 0 amide bonds. The summed E-state index contributed by atoms with van der Waals surface area (Å²) in [6.45, 7) is 31.0. The third-order valence-electron chi connectivity index (χ3n) is 27.3. The van der Waals surface area contributed by atoms with Gasteiger partial charge in [0, 0.05) is 29.1 Å². The van der Waals surface area contributed by atoms with Crippen LogP contribution in [0.4, 0.5) is 0 Å². The second kappa shape index (κ2) is 16.2. The number of rotatable bonds is 4. The van der Waals surface area contributed by atoms with Crippen LogP contribution in [-0.4, -0.2) is 110 Å². The molecule has 0 aromatic carbocycles. The Morgan fingerprint density at radius 3 is 1.25 bits per heavy atom. The summed E-state index contributed by atoms with van der Waals surface area (Å²) in [5, 5.41) is 58.3. The molecule has 10 saturated carbocycles. The molecule has 2 heterocycles. The second-order valence-corrected chi connectivity index (χ2v) is 31.1. The van der Waals surface area contributed by atoms with Crippen LogP contribution in [-0.2, 0) is 14.3 Å². The van der Waals surface area contributed by atoms with Gasteiger partial charge in [-0.1, -0.05) is 68.0 Å². The number of aliphatic hydroxyl groups excluding tert-OH is 2. The number of Topliss-reactive ketones (excluding diaryl/α,β-unsaturated/α-hetero) is 1. The molecule has 0 radical (unpaired) electrons. The predicted octanol–water partition coefficient (Wildman–Crippen LogP) is 11.1. The molecule has 0 aromatic heterocycles. The zero-order valence-corrected chi connectivity index (χ0v) is 45.8. The molecule has 12 aliphatic rings. The van der Waals surface area contributed by atoms with Crippen molar-refractivity contribution in [2.24, 2.45) is 94.8 Å². The Balaban J connectivity index is 0.000000171. The number of carbonyl (C=O) groups excluding carboxylic acids is 1. The molecule has 4 spiro atoms. The number of hydrogen-bond acceptors (Lipinski definition) is 9. The van der Waals surface area contributed by atoms with Crippen LogP contribution < -0.4 is 0 Å². The Bertz CT molecular complexity index is 2180. The van der Waals surface area contributed by atoms with Crippen LogP contribution in [0.15, 0.2) is 5.16 Å². The van der Waals surface area contributed by atoms with Gasteiger partial charge in [0.15, 0.2) is 0 Å². The molecule has 6 unspecified atom stereocenters. The topological polar surface area (TPSA) is 149 Å². The quantitative estimate of drug-likeness (QED) is 0.138. The molecule has 2 saturated heterocycles. The van der Waals surface area contributed by atoms with Gasteiger partial charge in [0.25, 0.3) is 0 Å². The van der Waals surface area contributed by atoms with Gasteiger partial charge in [-0.05, 0) is 231 Å². The average Bonchev–Trinajstić information content (AvgIpc) is 3.83. The summed E-state index contributed by atoms with van der Waals surface area (Å²) in [4.78, 5) is 12.9. The number of ketones is 1. The van der Waals surface area contributed by atoms with Crippen molar-refractivity contribution in [2.45, 2.75) is 280 Å². The first kappa shape index (κ1) is 55.5. The molecule has 20 atom stereocenters. The van der Waals surface area contributed by atoms with Crippen LogP contribution in [0, 0.1) is 89.7 Å². The Morgan fingerprint density at radius 1 is 0.507 bits per heavy atom. The van der Waals surface area contributed by atoms with Crippen molar-refractivity contribution in [3.63, 3.8) is 0 Å². The molecule has 5 N–H and O–H groups in total. The summed E-state index contributed by atoms with van der Waals surface area (Å²) in [6.07, 6.45) is 20.5. The van der Waals surface area contributed by atoms with Crippen molar-refractivity contribution < 1.29 is 39.9 Å². The van der Waals surface area contributed by atoms with E-state index in [1.165, 1.54) is 57.8 Å². The van der Waals surface area contributed by atoms with E-state index < -0.39 is 22.4 Å². The molecule has 0 bridgehead atoms. The zero-order valence-electron chi connectivity index (χ0n) is 45.8. The van der Waals surface area contributed by atoms with Crippen molar-refractivity contribution in [1.82, 2.24) is 0 Å². The first-order valence-corrected chi connectivity index (χ1v) is 28.6. The van der Waals surface area contributed by atoms with Gasteiger partial charge in [0.1, 0.15) is 5.78 Å². The Kier molecular flexibility index (Phi) is 12.7. The van der Waals surface area contributed by atoms with Gasteiger partial charge in [0.2, 0.25) is 0 Å². The van der Waals surface area contributed by atoms with E-state index in [-0.39, 0.29) is 102 Å². The number of nitrogens with zero attached hydrogens (tertiary/aromatic N) is 1. The average molecular weight is 1090 g/mol. The van der Waals surface area contributed by atoms with Gasteiger partial charge >= 0.3 is 25.8 Å². The third kappa shape index (κ3) is 6.76. The second-order valence-electron chi connectivity index (χ2n) is 31.1. The fourth-order valence-corrected chi connectivity index (χ4v) is 24.0. The van der Waals surface area contributed by atoms with Gasteiger partial charge in [-0.3, -0.25) is 4.79 Å². The van der Waals surface area contributed by atoms with Gasteiger partial charge in [0.05, 0.1) is 52.5 Å². The maximum absolute atomic E-state index is 12.9. The van der Waals surface area contributed by atoms with Crippen LogP contribution in [0.2, 0.25) is 0 Å². The summed E-state index contributed by atoms with van der Waals surface area (Å²) >= 11 is 0. The fourth-order valence-electron chi connectivity index (χ4n) is 24.0. The molecule has 12 fully saturated rings. The van der Waals surface area contributed by atoms with Crippen LogP contribution >= 0.6 is 0 Å². The molecule has 9 nitrogen and oxygen atoms in total. The van der Waals surface area contributed by atoms with Crippen molar-refractivity contribution in [1.29, 1.82) is 0 Å². The maximum atomic E-state index is 12.9. The van der Waals surface area contributed by atoms with Crippen LogP contribution in [0.1, 0.15) is 233 Å². The summed E-state index contributed by atoms with van der Waals surface area (Å²) < 4.78 is 13.4. The summed E-state index contributed by atoms with van der Waals surface area (Å²) in [5.74, 6) is 3.11. The van der Waals surface area contributed by atoms with Gasteiger partial charge in [-0.25, -0.2) is 0 Å². The van der Waals surface area contributed by atoms with Crippen LogP contribution in [0.3, 0.4) is 0 Å². The summed E-state index contributed by atoms with van der Waals surface area (Å²) in [6, 6.07) is 0. The zero-order chi connectivity index (χ0) is 50.2. The SMILES string of the molecule is C.CC1(C)/C(=N/O)CC[C@]23C[C@]24CC[C@]2(C)C([C@]5(C)CC[C@H](C(C)(C)O)O5)[C@@H](O)C[C@@]2(C)C4CCC13.CC1(C)C(=O)CC[C@]23C[C@]24CC[C@]2(C)C([C@]5(C)CC[C@H](C(C)(C)O)O5)[C@@H](O)C[C@@]2(C)C4CCC13.[InH3]. The van der Waals surface area contributed by atoms with Crippen molar-refractivity contribution in [3.05, 3.63) is 0 Å². The van der Waals surface area contributed by atoms with Gasteiger partial charge < -0.3 is 35.1 Å². The summed E-state index contributed by atoms with van der Waals surface area (Å²) in [7, 11) is 0. The fraction of sp³-hybridized carbons (Fsp3) is 0.967. The molecule has 10 heteroatoms. The van der Waals surface area contributed by atoms with Gasteiger partial charge in [-0.2, -0.15) is 0 Å². The minimum absolute atomic E-state index is 0. The molecule has 71 heavy (non-hydrogen) atoms. The number of fused-ring (bicyclic) bond motifs is 4. The number of aliphatic hydroxyl groups is 4. The monoisotopic (exact) mass is 1090 g/mol. The third-order valence-corrected chi connectivity index (χ3v) is 27.3. The standard InChI is InChI=1S/C30H49NO4.C30H48O4.CH4.In.3H/c1-24(2)19-8-9-20-27(6)16-18(32)23(28(7)12-11-22(35-28)25(3,4)33)26(27,5)14-15-30(20)17-29(19,30)13-10-21(24)31-34;1-24(2)19-8-9-20-27(6)16-18(31)23(28(7)12-11-22(34-28)25(3,4)33)26(27,5)14-15-30(20)17-29(19,30)13-10-21(24)32;;;;;/h18-20,22-23,32-34H,8-17H2,1-7H3;18-20,22-23,31,33H,8-17H2,1-7H3;1H4;;;;/b31-21+;;;;;;/t2*18-,19?,20?,22+,23?,26+,27-,28-,29+,30-;;;;;/m00...../s1. The molecule has 12 rings (SSSR count). The van der Waals surface area contributed by atoms with E-state index in [1.807, 2.05) is 27.7 Å². The molecule has 404 valence electrons. The van der Waals surface area contributed by atoms with Crippen molar-refractivity contribution in [2.75, 3.05) is 0 Å². The van der Waals surface area contributed by atoms with Crippen LogP contribution in [0.5, 0.6) is 0 Å². The van der Waals surface area contributed by atoms with E-state index in [9.17, 15) is 30.4 Å². The molecule has 10 aliphatic carbocycles. The molecular weight excluding hydrogens is 989 g/mol. The van der Waals surface area contributed by atoms with E-state index in [1.54, 1.807) is 0 Å². The number of ether oxygens (including phenoxy) is 2. The molecule has 2 aliphatic heterocycles. The molecular formula is C61H104InNO8. The van der Waals surface area contributed by atoms with Gasteiger partial charge in [-0.15, -0.1) is 0 Å². The minimum atomic E-state index is -0.856. The number of carbonyl (C=O) groups is 1. The Labute approximate surface area is 449 Å². The predicted molar refractivity (Wildman–Crippen MR) is 285 cm³/mol. The summed E-state index contributed by atoms with van der Waals surface area (Å²) in [5.41, 5.74) is 0.0788. The van der Waals surface area contributed by atoms with Crippen molar-refractivity contribution in [3.8, 4) is 0 Å². The van der Waals surface area contributed by atoms with E-state index in [0.29, 0.717) is 51.1 Å². The Morgan fingerprint density at radius 2 is 0.873 bits per heavy atom. The van der Waals surface area contributed by atoms with E-state index >= 15 is 0 Å². The number of oxime groups is 1. The molecule has 0 aromatic rings. The van der Waals surface area contributed by atoms with E-state index in [0.717, 1.165) is 76.3 Å². The normalized spacial score (nSPS) is 56.3. The van der Waals surface area contributed by atoms with E-state index in [2.05, 4.69) is 74.4 Å².